The number of nitrogens with one attached hydrogen (secondary N) is 3. The van der Waals surface area contributed by atoms with Gasteiger partial charge < -0.3 is 15.7 Å². The van der Waals surface area contributed by atoms with Crippen molar-refractivity contribution in [3.63, 3.8) is 0 Å². The normalized spacial score (nSPS) is 19.0. The number of nitrogens with zero attached hydrogens (tertiary/aromatic N) is 1. The van der Waals surface area contributed by atoms with Crippen molar-refractivity contribution in [1.82, 2.24) is 16.1 Å². The van der Waals surface area contributed by atoms with E-state index in [-0.39, 0.29) is 18.1 Å². The van der Waals surface area contributed by atoms with Crippen LogP contribution in [-0.4, -0.2) is 51.7 Å². The third-order valence-corrected chi connectivity index (χ3v) is 3.55. The molecule has 1 heterocycles. The van der Waals surface area contributed by atoms with Crippen LogP contribution in [0.4, 0.5) is 0 Å². The first-order chi connectivity index (χ1) is 9.79. The van der Waals surface area contributed by atoms with Crippen LogP contribution in [0.5, 0.6) is 0 Å². The largest absolute Gasteiger partial charge is 0.480 e. The first-order valence-corrected chi connectivity index (χ1v) is 7.04. The predicted molar refractivity (Wildman–Crippen MR) is 75.5 cm³/mol. The van der Waals surface area contributed by atoms with Crippen molar-refractivity contribution in [2.45, 2.75) is 32.4 Å². The van der Waals surface area contributed by atoms with Gasteiger partial charge in [0.2, 0.25) is 11.8 Å². The van der Waals surface area contributed by atoms with E-state index in [4.69, 9.17) is 5.11 Å². The Morgan fingerprint density at radius 1 is 1.43 bits per heavy atom. The van der Waals surface area contributed by atoms with Crippen molar-refractivity contribution in [2.24, 2.45) is 5.10 Å². The highest BCUT2D eigenvalue weighted by molar-refractivity contribution is 8.14. The van der Waals surface area contributed by atoms with Gasteiger partial charge in [-0.15, -0.1) is 11.8 Å². The Morgan fingerprint density at radius 3 is 2.62 bits per heavy atom. The van der Waals surface area contributed by atoms with E-state index < -0.39 is 29.9 Å². The molecule has 1 rings (SSSR count). The van der Waals surface area contributed by atoms with E-state index in [2.05, 4.69) is 21.2 Å². The monoisotopic (exact) mass is 316 g/mol. The molecule has 0 aromatic rings. The molecule has 0 bridgehead atoms. The Hall–Kier alpha value is -2.10. The Balaban J connectivity index is 2.58. The molecule has 1 aliphatic heterocycles. The maximum absolute atomic E-state index is 11.5. The lowest BCUT2D eigenvalue weighted by atomic mass is 10.2. The zero-order valence-corrected chi connectivity index (χ0v) is 12.3. The van der Waals surface area contributed by atoms with Crippen LogP contribution >= 0.6 is 11.8 Å². The first kappa shape index (κ1) is 17.0. The standard InChI is InChI=1S/C11H16N4O5S/c1-5(16)12-7-3-9(14-15-10(7)18)21-4-8(11(19)20)13-6(2)17/h7-8H,3-4H2,1-2H3,(H,12,16)(H,13,17)(H,15,18)(H,19,20)/t7-,8+/m0/s1. The summed E-state index contributed by atoms with van der Waals surface area (Å²) in [5.74, 6) is -2.31. The first-order valence-electron chi connectivity index (χ1n) is 6.05. The van der Waals surface area contributed by atoms with Gasteiger partial charge in [0.25, 0.3) is 5.91 Å². The van der Waals surface area contributed by atoms with Crippen molar-refractivity contribution >= 4 is 40.5 Å². The second-order valence-electron chi connectivity index (χ2n) is 4.34. The molecule has 2 atom stereocenters. The number of carboxylic acid groups (broad SMARTS) is 1. The highest BCUT2D eigenvalue weighted by atomic mass is 32.2. The Labute approximate surface area is 124 Å². The lowest BCUT2D eigenvalue weighted by Crippen LogP contribution is -2.49. The summed E-state index contributed by atoms with van der Waals surface area (Å²) in [5.41, 5.74) is 2.26. The van der Waals surface area contributed by atoms with Crippen molar-refractivity contribution in [1.29, 1.82) is 0 Å². The third kappa shape index (κ3) is 5.81. The van der Waals surface area contributed by atoms with Crippen LogP contribution in [0, 0.1) is 0 Å². The van der Waals surface area contributed by atoms with Gasteiger partial charge in [0.15, 0.2) is 0 Å². The maximum atomic E-state index is 11.5. The summed E-state index contributed by atoms with van der Waals surface area (Å²) < 4.78 is 0. The highest BCUT2D eigenvalue weighted by Crippen LogP contribution is 2.14. The van der Waals surface area contributed by atoms with Crippen molar-refractivity contribution in [2.75, 3.05) is 5.75 Å². The van der Waals surface area contributed by atoms with Crippen LogP contribution in [0.3, 0.4) is 0 Å². The lowest BCUT2D eigenvalue weighted by Gasteiger charge is -2.22. The molecule has 0 saturated carbocycles. The van der Waals surface area contributed by atoms with Gasteiger partial charge in [0.1, 0.15) is 12.1 Å². The van der Waals surface area contributed by atoms with E-state index in [1.54, 1.807) is 0 Å². The summed E-state index contributed by atoms with van der Waals surface area (Å²) in [7, 11) is 0. The number of hydrazone groups is 1. The van der Waals surface area contributed by atoms with E-state index in [9.17, 15) is 19.2 Å². The molecule has 3 amide bonds. The molecular weight excluding hydrogens is 300 g/mol. The molecule has 0 radical (unpaired) electrons. The fraction of sp³-hybridized carbons (Fsp3) is 0.545. The fourth-order valence-electron chi connectivity index (χ4n) is 1.56. The number of hydrogen-bond acceptors (Lipinski definition) is 6. The zero-order valence-electron chi connectivity index (χ0n) is 11.5. The highest BCUT2D eigenvalue weighted by Gasteiger charge is 2.27. The Morgan fingerprint density at radius 2 is 2.10 bits per heavy atom. The molecule has 0 unspecified atom stereocenters. The summed E-state index contributed by atoms with van der Waals surface area (Å²) in [6.45, 7) is 2.52. The van der Waals surface area contributed by atoms with E-state index in [1.807, 2.05) is 0 Å². The zero-order chi connectivity index (χ0) is 16.0. The van der Waals surface area contributed by atoms with Gasteiger partial charge in [-0.05, 0) is 0 Å². The number of carbonyl (C=O) groups is 4. The number of hydrogen-bond donors (Lipinski definition) is 4. The molecule has 0 fully saturated rings. The van der Waals surface area contributed by atoms with Gasteiger partial charge in [0, 0.05) is 26.0 Å². The number of thioether (sulfide) groups is 1. The summed E-state index contributed by atoms with van der Waals surface area (Å²) in [5, 5.41) is 18.0. The van der Waals surface area contributed by atoms with Gasteiger partial charge in [-0.1, -0.05) is 0 Å². The van der Waals surface area contributed by atoms with Crippen LogP contribution in [0.1, 0.15) is 20.3 Å². The van der Waals surface area contributed by atoms with Gasteiger partial charge in [-0.2, -0.15) is 5.10 Å². The minimum absolute atomic E-state index is 0.0659. The van der Waals surface area contributed by atoms with E-state index in [0.717, 1.165) is 11.8 Å². The quantitative estimate of drug-likeness (QED) is 0.495. The molecule has 0 aromatic carbocycles. The number of aliphatic carboxylic acids is 1. The smallest absolute Gasteiger partial charge is 0.327 e. The Kier molecular flexibility index (Phi) is 6.15. The van der Waals surface area contributed by atoms with Crippen molar-refractivity contribution in [3.05, 3.63) is 0 Å². The van der Waals surface area contributed by atoms with Crippen molar-refractivity contribution < 1.29 is 24.3 Å². The number of carboxylic acids is 1. The molecule has 0 aliphatic carbocycles. The molecule has 10 heteroatoms. The van der Waals surface area contributed by atoms with Crippen LogP contribution in [-0.2, 0) is 19.2 Å². The van der Waals surface area contributed by atoms with Crippen LogP contribution in [0.25, 0.3) is 0 Å². The molecule has 0 saturated heterocycles. The fourth-order valence-corrected chi connectivity index (χ4v) is 2.54. The van der Waals surface area contributed by atoms with Crippen LogP contribution in [0.2, 0.25) is 0 Å². The molecule has 0 aromatic heterocycles. The van der Waals surface area contributed by atoms with Gasteiger partial charge >= 0.3 is 5.97 Å². The Bertz CT molecular complexity index is 493. The van der Waals surface area contributed by atoms with Crippen molar-refractivity contribution in [3.8, 4) is 0 Å². The minimum atomic E-state index is -1.16. The number of amides is 3. The lowest BCUT2D eigenvalue weighted by molar-refractivity contribution is -0.140. The van der Waals surface area contributed by atoms with E-state index in [1.165, 1.54) is 13.8 Å². The SMILES string of the molecule is CC(=O)N[C@H]1CC(SC[C@@H](NC(C)=O)C(=O)O)=NNC1=O. The predicted octanol–water partition coefficient (Wildman–Crippen LogP) is -1.35. The summed E-state index contributed by atoms with van der Waals surface area (Å²) >= 11 is 1.10. The van der Waals surface area contributed by atoms with Gasteiger partial charge in [-0.3, -0.25) is 14.4 Å². The average molecular weight is 316 g/mol. The molecule has 9 nitrogen and oxygen atoms in total. The van der Waals surface area contributed by atoms with E-state index >= 15 is 0 Å². The minimum Gasteiger partial charge on any atom is -0.480 e. The molecule has 1 aliphatic rings. The summed E-state index contributed by atoms with van der Waals surface area (Å²) in [6, 6.07) is -1.78. The summed E-state index contributed by atoms with van der Waals surface area (Å²) in [4.78, 5) is 44.3. The molecule has 4 N–H and O–H groups in total. The molecule has 0 spiro atoms. The molecule has 21 heavy (non-hydrogen) atoms. The average Bonchev–Trinajstić information content (AvgIpc) is 2.36. The molecule has 116 valence electrons. The number of carbonyl (C=O) groups excluding carboxylic acids is 3. The van der Waals surface area contributed by atoms with Gasteiger partial charge in [0.05, 0.1) is 5.04 Å². The van der Waals surface area contributed by atoms with Crippen LogP contribution < -0.4 is 16.1 Å². The van der Waals surface area contributed by atoms with Crippen LogP contribution in [0.15, 0.2) is 5.10 Å². The van der Waals surface area contributed by atoms with E-state index in [0.29, 0.717) is 5.04 Å². The molecular formula is C11H16N4O5S. The number of rotatable bonds is 5. The summed E-state index contributed by atoms with van der Waals surface area (Å²) in [6.07, 6.45) is 0.183. The third-order valence-electron chi connectivity index (χ3n) is 2.46. The second kappa shape index (κ2) is 7.62. The van der Waals surface area contributed by atoms with Gasteiger partial charge in [-0.25, -0.2) is 10.2 Å². The maximum Gasteiger partial charge on any atom is 0.327 e. The topological polar surface area (TPSA) is 137 Å². The second-order valence-corrected chi connectivity index (χ2v) is 5.43.